The van der Waals surface area contributed by atoms with Gasteiger partial charge in [0.2, 0.25) is 5.91 Å². The lowest BCUT2D eigenvalue weighted by molar-refractivity contribution is -0.116. The maximum Gasteiger partial charge on any atom is 0.225 e. The highest BCUT2D eigenvalue weighted by atomic mass is 16.5. The van der Waals surface area contributed by atoms with Gasteiger partial charge < -0.3 is 10.1 Å². The third-order valence-electron chi connectivity index (χ3n) is 4.88. The van der Waals surface area contributed by atoms with E-state index >= 15 is 0 Å². The molecule has 4 rings (SSSR count). The van der Waals surface area contributed by atoms with Gasteiger partial charge in [0.25, 0.3) is 0 Å². The third kappa shape index (κ3) is 2.71. The smallest absolute Gasteiger partial charge is 0.225 e. The molecule has 1 aliphatic heterocycles. The van der Waals surface area contributed by atoms with Crippen molar-refractivity contribution in [3.8, 4) is 5.75 Å². The molecule has 0 radical (unpaired) electrons. The molecule has 1 unspecified atom stereocenters. The van der Waals surface area contributed by atoms with E-state index in [0.29, 0.717) is 12.5 Å². The molecule has 1 aliphatic carbocycles. The van der Waals surface area contributed by atoms with Crippen LogP contribution in [0.25, 0.3) is 0 Å². The Morgan fingerprint density at radius 2 is 2.09 bits per heavy atom. The molecule has 1 fully saturated rings. The first-order valence-electron chi connectivity index (χ1n) is 8.29. The SMILES string of the molecule is Cn1nccc1C1CC(=O)Nc2cc(OC3CCCC3)ccc21. The summed E-state index contributed by atoms with van der Waals surface area (Å²) in [5, 5.41) is 7.22. The zero-order valence-corrected chi connectivity index (χ0v) is 13.3. The fourth-order valence-corrected chi connectivity index (χ4v) is 3.71. The van der Waals surface area contributed by atoms with Gasteiger partial charge in [0.05, 0.1) is 6.10 Å². The number of aromatic nitrogens is 2. The molecule has 5 heteroatoms. The number of hydrogen-bond acceptors (Lipinski definition) is 3. The van der Waals surface area contributed by atoms with Gasteiger partial charge in [-0.1, -0.05) is 6.07 Å². The summed E-state index contributed by atoms with van der Waals surface area (Å²) in [6, 6.07) is 8.05. The minimum absolute atomic E-state index is 0.0433. The lowest BCUT2D eigenvalue weighted by atomic mass is 9.88. The van der Waals surface area contributed by atoms with Crippen LogP contribution in [-0.2, 0) is 11.8 Å². The summed E-state index contributed by atoms with van der Waals surface area (Å²) in [4.78, 5) is 12.1. The maximum absolute atomic E-state index is 12.1. The second-order valence-corrected chi connectivity index (χ2v) is 6.46. The minimum atomic E-state index is 0.0433. The number of ether oxygens (including phenoxy) is 1. The lowest BCUT2D eigenvalue weighted by Crippen LogP contribution is -2.25. The number of benzene rings is 1. The molecule has 0 saturated heterocycles. The average molecular weight is 311 g/mol. The van der Waals surface area contributed by atoms with E-state index in [1.54, 1.807) is 6.20 Å². The van der Waals surface area contributed by atoms with Gasteiger partial charge in [-0.25, -0.2) is 0 Å². The molecular formula is C18H21N3O2. The summed E-state index contributed by atoms with van der Waals surface area (Å²) in [6.07, 6.45) is 7.29. The highest BCUT2D eigenvalue weighted by Gasteiger charge is 2.29. The van der Waals surface area contributed by atoms with Crippen LogP contribution in [0.5, 0.6) is 5.75 Å². The largest absolute Gasteiger partial charge is 0.490 e. The molecule has 1 aromatic heterocycles. The van der Waals surface area contributed by atoms with Gasteiger partial charge in [0, 0.05) is 43.0 Å². The maximum atomic E-state index is 12.1. The molecule has 0 bridgehead atoms. The summed E-state index contributed by atoms with van der Waals surface area (Å²) in [6.45, 7) is 0. The Labute approximate surface area is 135 Å². The van der Waals surface area contributed by atoms with Crippen molar-refractivity contribution >= 4 is 11.6 Å². The number of aryl methyl sites for hydroxylation is 1. The lowest BCUT2D eigenvalue weighted by Gasteiger charge is -2.26. The first-order chi connectivity index (χ1) is 11.2. The Kier molecular flexibility index (Phi) is 3.56. The zero-order valence-electron chi connectivity index (χ0n) is 13.3. The number of carbonyl (C=O) groups is 1. The molecule has 1 amide bonds. The Hall–Kier alpha value is -2.30. The number of nitrogens with zero attached hydrogens (tertiary/aromatic N) is 2. The summed E-state index contributed by atoms with van der Waals surface area (Å²) in [5.41, 5.74) is 3.06. The molecule has 2 aromatic rings. The van der Waals surface area contributed by atoms with Crippen LogP contribution in [0.3, 0.4) is 0 Å². The molecule has 1 saturated carbocycles. The van der Waals surface area contributed by atoms with Crippen molar-refractivity contribution in [1.29, 1.82) is 0 Å². The fourth-order valence-electron chi connectivity index (χ4n) is 3.71. The first-order valence-corrected chi connectivity index (χ1v) is 8.29. The highest BCUT2D eigenvalue weighted by Crippen LogP contribution is 2.39. The number of hydrogen-bond donors (Lipinski definition) is 1. The van der Waals surface area contributed by atoms with Crippen molar-refractivity contribution in [2.24, 2.45) is 7.05 Å². The van der Waals surface area contributed by atoms with Crippen LogP contribution in [0.4, 0.5) is 5.69 Å². The molecule has 2 aliphatic rings. The number of fused-ring (bicyclic) bond motifs is 1. The summed E-state index contributed by atoms with van der Waals surface area (Å²) in [5.74, 6) is 0.940. The highest BCUT2D eigenvalue weighted by molar-refractivity contribution is 5.95. The van der Waals surface area contributed by atoms with Gasteiger partial charge in [-0.2, -0.15) is 5.10 Å². The first kappa shape index (κ1) is 14.3. The molecule has 1 atom stereocenters. The van der Waals surface area contributed by atoms with E-state index in [2.05, 4.69) is 16.5 Å². The molecule has 120 valence electrons. The number of anilines is 1. The van der Waals surface area contributed by atoms with Crippen LogP contribution in [0, 0.1) is 0 Å². The number of nitrogens with one attached hydrogen (secondary N) is 1. The van der Waals surface area contributed by atoms with E-state index in [1.165, 1.54) is 12.8 Å². The normalized spacial score (nSPS) is 21.1. The summed E-state index contributed by atoms with van der Waals surface area (Å²) < 4.78 is 7.90. The zero-order chi connectivity index (χ0) is 15.8. The van der Waals surface area contributed by atoms with Crippen LogP contribution in [0.1, 0.15) is 49.3 Å². The molecule has 23 heavy (non-hydrogen) atoms. The Morgan fingerprint density at radius 1 is 1.26 bits per heavy atom. The van der Waals surface area contributed by atoms with Crippen LogP contribution < -0.4 is 10.1 Å². The molecule has 2 heterocycles. The fraction of sp³-hybridized carbons (Fsp3) is 0.444. The summed E-state index contributed by atoms with van der Waals surface area (Å²) >= 11 is 0. The second kappa shape index (κ2) is 5.72. The number of amides is 1. The van der Waals surface area contributed by atoms with E-state index in [1.807, 2.05) is 29.9 Å². The molecule has 5 nitrogen and oxygen atoms in total. The van der Waals surface area contributed by atoms with E-state index in [4.69, 9.17) is 4.74 Å². The standard InChI is InChI=1S/C18H21N3O2/c1-21-17(8-9-19-21)15-11-18(22)20-16-10-13(6-7-14(15)16)23-12-4-2-3-5-12/h6-10,12,15H,2-5,11H2,1H3,(H,20,22). The van der Waals surface area contributed by atoms with E-state index in [9.17, 15) is 4.79 Å². The van der Waals surface area contributed by atoms with Gasteiger partial charge >= 0.3 is 0 Å². The summed E-state index contributed by atoms with van der Waals surface area (Å²) in [7, 11) is 1.92. The van der Waals surface area contributed by atoms with E-state index < -0.39 is 0 Å². The predicted molar refractivity (Wildman–Crippen MR) is 87.6 cm³/mol. The van der Waals surface area contributed by atoms with Crippen molar-refractivity contribution in [2.45, 2.75) is 44.1 Å². The monoisotopic (exact) mass is 311 g/mol. The van der Waals surface area contributed by atoms with Crippen molar-refractivity contribution < 1.29 is 9.53 Å². The molecular weight excluding hydrogens is 290 g/mol. The van der Waals surface area contributed by atoms with Gasteiger partial charge in [0.15, 0.2) is 0 Å². The average Bonchev–Trinajstić information content (AvgIpc) is 3.17. The minimum Gasteiger partial charge on any atom is -0.490 e. The van der Waals surface area contributed by atoms with Gasteiger partial charge in [0.1, 0.15) is 5.75 Å². The van der Waals surface area contributed by atoms with Crippen molar-refractivity contribution in [3.05, 3.63) is 41.7 Å². The number of rotatable bonds is 3. The molecule has 0 spiro atoms. The quantitative estimate of drug-likeness (QED) is 0.947. The predicted octanol–water partition coefficient (Wildman–Crippen LogP) is 3.22. The third-order valence-corrected chi connectivity index (χ3v) is 4.88. The Bertz CT molecular complexity index is 732. The van der Waals surface area contributed by atoms with Gasteiger partial charge in [-0.3, -0.25) is 9.48 Å². The molecule has 1 N–H and O–H groups in total. The van der Waals surface area contributed by atoms with Crippen molar-refractivity contribution in [2.75, 3.05) is 5.32 Å². The topological polar surface area (TPSA) is 56.2 Å². The van der Waals surface area contributed by atoms with Crippen LogP contribution >= 0.6 is 0 Å². The second-order valence-electron chi connectivity index (χ2n) is 6.46. The van der Waals surface area contributed by atoms with Crippen molar-refractivity contribution in [3.63, 3.8) is 0 Å². The van der Waals surface area contributed by atoms with Crippen LogP contribution in [0.15, 0.2) is 30.5 Å². The van der Waals surface area contributed by atoms with E-state index in [0.717, 1.165) is 35.5 Å². The Balaban J connectivity index is 1.65. The van der Waals surface area contributed by atoms with Gasteiger partial charge in [-0.05, 0) is 43.4 Å². The Morgan fingerprint density at radius 3 is 2.83 bits per heavy atom. The van der Waals surface area contributed by atoms with Crippen molar-refractivity contribution in [1.82, 2.24) is 9.78 Å². The van der Waals surface area contributed by atoms with E-state index in [-0.39, 0.29) is 11.8 Å². The van der Waals surface area contributed by atoms with Crippen LogP contribution in [-0.4, -0.2) is 21.8 Å². The molecule has 1 aromatic carbocycles. The van der Waals surface area contributed by atoms with Gasteiger partial charge in [-0.15, -0.1) is 0 Å². The number of carbonyl (C=O) groups excluding carboxylic acids is 1. The van der Waals surface area contributed by atoms with Crippen LogP contribution in [0.2, 0.25) is 0 Å².